The highest BCUT2D eigenvalue weighted by molar-refractivity contribution is 7.99. The molecule has 0 radical (unpaired) electrons. The number of hydrogen-bond acceptors (Lipinski definition) is 6. The first-order valence-corrected chi connectivity index (χ1v) is 13.0. The zero-order valence-corrected chi connectivity index (χ0v) is 20.9. The van der Waals surface area contributed by atoms with Gasteiger partial charge in [-0.2, -0.15) is 4.73 Å². The number of rotatable bonds is 9. The topological polar surface area (TPSA) is 107 Å². The lowest BCUT2D eigenvalue weighted by atomic mass is 10.0. The molecule has 3 atom stereocenters. The van der Waals surface area contributed by atoms with Crippen molar-refractivity contribution in [2.45, 2.75) is 50.0 Å². The minimum absolute atomic E-state index is 0.00954. The molecule has 1 fully saturated rings. The summed E-state index contributed by atoms with van der Waals surface area (Å²) in [6, 6.07) is 20.7. The lowest BCUT2D eigenvalue weighted by Gasteiger charge is -2.36. The number of thioether (sulfide) groups is 1. The Balaban J connectivity index is 1.47. The summed E-state index contributed by atoms with van der Waals surface area (Å²) in [7, 11) is 0. The van der Waals surface area contributed by atoms with Gasteiger partial charge in [0.2, 0.25) is 0 Å². The van der Waals surface area contributed by atoms with Crippen LogP contribution in [0, 0.1) is 5.21 Å². The smallest absolute Gasteiger partial charge is 0.315 e. The number of hydrogen-bond donors (Lipinski definition) is 3. The molecule has 3 N–H and O–H groups in total. The zero-order valence-electron chi connectivity index (χ0n) is 20.1. The molecule has 0 spiro atoms. The number of ether oxygens (including phenoxy) is 2. The molecular weight excluding hydrogens is 478 g/mol. The van der Waals surface area contributed by atoms with Crippen molar-refractivity contribution in [3.63, 3.8) is 0 Å². The van der Waals surface area contributed by atoms with Gasteiger partial charge in [0.15, 0.2) is 12.5 Å². The van der Waals surface area contributed by atoms with Gasteiger partial charge in [-0.05, 0) is 29.7 Å². The molecule has 1 saturated heterocycles. The molecule has 8 nitrogen and oxygen atoms in total. The highest BCUT2D eigenvalue weighted by Crippen LogP contribution is 2.39. The number of aliphatic hydroxyl groups excluding tert-OH is 1. The summed E-state index contributed by atoms with van der Waals surface area (Å²) in [5.41, 5.74) is 3.70. The molecule has 2 amide bonds. The van der Waals surface area contributed by atoms with Crippen molar-refractivity contribution in [1.29, 1.82) is 0 Å². The number of pyridine rings is 1. The maximum atomic E-state index is 12.1. The van der Waals surface area contributed by atoms with Crippen molar-refractivity contribution in [3.8, 4) is 0 Å². The van der Waals surface area contributed by atoms with Gasteiger partial charge in [0.25, 0.3) is 5.03 Å². The van der Waals surface area contributed by atoms with Crippen LogP contribution >= 0.6 is 11.8 Å². The fourth-order valence-corrected chi connectivity index (χ4v) is 4.86. The maximum absolute atomic E-state index is 12.1. The number of carbonyl (C=O) groups is 1. The minimum Gasteiger partial charge on any atom is -0.618 e. The Labute approximate surface area is 215 Å². The standard InChI is InChI=1S/C27H31N3O5S/c1-2-28-27(32)29-16-19-6-12-22(13-7-19)26-34-23(18-36-25-5-3-4-14-30(25)33)15-24(35-26)21-10-8-20(17-31)9-11-21/h3-14,23-24,26,31H,2,15-18H2,1H3,(H2,28,29,32)/t23-,24+,26+/m0/s1. The molecule has 2 heterocycles. The van der Waals surface area contributed by atoms with Crippen LogP contribution in [-0.4, -0.2) is 29.5 Å². The summed E-state index contributed by atoms with van der Waals surface area (Å²) in [6.45, 7) is 2.86. The number of nitrogens with one attached hydrogen (secondary N) is 2. The van der Waals surface area contributed by atoms with Crippen LogP contribution in [0.25, 0.3) is 0 Å². The highest BCUT2D eigenvalue weighted by Gasteiger charge is 2.32. The summed E-state index contributed by atoms with van der Waals surface area (Å²) < 4.78 is 13.6. The Morgan fingerprint density at radius 2 is 1.75 bits per heavy atom. The van der Waals surface area contributed by atoms with E-state index < -0.39 is 6.29 Å². The first kappa shape index (κ1) is 26.0. The van der Waals surface area contributed by atoms with Crippen LogP contribution in [-0.2, 0) is 22.6 Å². The van der Waals surface area contributed by atoms with E-state index in [1.165, 1.54) is 18.0 Å². The number of nitrogens with zero attached hydrogens (tertiary/aromatic N) is 1. The molecule has 0 saturated carbocycles. The zero-order chi connectivity index (χ0) is 25.3. The van der Waals surface area contributed by atoms with Crippen LogP contribution in [0.15, 0.2) is 78.0 Å². The molecule has 1 aliphatic rings. The normalized spacial score (nSPS) is 19.6. The second-order valence-corrected chi connectivity index (χ2v) is 9.52. The van der Waals surface area contributed by atoms with Gasteiger partial charge < -0.3 is 30.4 Å². The average molecular weight is 510 g/mol. The third-order valence-electron chi connectivity index (χ3n) is 5.86. The number of carbonyl (C=O) groups excluding carboxylic acids is 1. The van der Waals surface area contributed by atoms with Gasteiger partial charge in [-0.25, -0.2) is 4.79 Å². The van der Waals surface area contributed by atoms with Crippen molar-refractivity contribution in [1.82, 2.24) is 10.6 Å². The molecule has 1 aliphatic heterocycles. The van der Waals surface area contributed by atoms with Gasteiger partial charge in [0, 0.05) is 43.0 Å². The predicted octanol–water partition coefficient (Wildman–Crippen LogP) is 3.97. The summed E-state index contributed by atoms with van der Waals surface area (Å²) in [5, 5.41) is 27.6. The number of urea groups is 1. The average Bonchev–Trinajstić information content (AvgIpc) is 2.92. The fraction of sp³-hybridized carbons (Fsp3) is 0.333. The first-order chi connectivity index (χ1) is 17.6. The number of aliphatic hydroxyl groups is 1. The van der Waals surface area contributed by atoms with Crippen molar-refractivity contribution < 1.29 is 24.1 Å². The van der Waals surface area contributed by atoms with E-state index in [1.807, 2.05) is 61.5 Å². The summed E-state index contributed by atoms with van der Waals surface area (Å²) >= 11 is 1.46. The van der Waals surface area contributed by atoms with Crippen LogP contribution in [0.4, 0.5) is 4.79 Å². The lowest BCUT2D eigenvalue weighted by Crippen LogP contribution is -2.34. The Hall–Kier alpha value is -3.11. The Morgan fingerprint density at radius 3 is 2.44 bits per heavy atom. The first-order valence-electron chi connectivity index (χ1n) is 12.0. The van der Waals surface area contributed by atoms with Crippen molar-refractivity contribution in [3.05, 3.63) is 100 Å². The summed E-state index contributed by atoms with van der Waals surface area (Å²) in [4.78, 5) is 11.7. The number of aromatic nitrogens is 1. The summed E-state index contributed by atoms with van der Waals surface area (Å²) in [5.74, 6) is 0.603. The SMILES string of the molecule is CCNC(=O)NCc1ccc([C@@H]2O[C@H](CSc3cccc[n+]3[O-])C[C@H](c3ccc(CO)cc3)O2)cc1. The van der Waals surface area contributed by atoms with Gasteiger partial charge >= 0.3 is 6.03 Å². The van der Waals surface area contributed by atoms with Gasteiger partial charge in [0.1, 0.15) is 0 Å². The van der Waals surface area contributed by atoms with E-state index in [1.54, 1.807) is 12.1 Å². The van der Waals surface area contributed by atoms with Crippen LogP contribution < -0.4 is 15.4 Å². The minimum atomic E-state index is -0.576. The van der Waals surface area contributed by atoms with Crippen LogP contribution in [0.5, 0.6) is 0 Å². The Morgan fingerprint density at radius 1 is 1.03 bits per heavy atom. The van der Waals surface area contributed by atoms with Crippen LogP contribution in [0.1, 0.15) is 48.0 Å². The molecule has 2 aromatic carbocycles. The van der Waals surface area contributed by atoms with Crippen molar-refractivity contribution >= 4 is 17.8 Å². The maximum Gasteiger partial charge on any atom is 0.315 e. The molecule has 0 bridgehead atoms. The van der Waals surface area contributed by atoms with Crippen molar-refractivity contribution in [2.75, 3.05) is 12.3 Å². The fourth-order valence-electron chi connectivity index (χ4n) is 3.92. The third-order valence-corrected chi connectivity index (χ3v) is 7.01. The predicted molar refractivity (Wildman–Crippen MR) is 137 cm³/mol. The quantitative estimate of drug-likeness (QED) is 0.229. The van der Waals surface area contributed by atoms with Crippen LogP contribution in [0.3, 0.4) is 0 Å². The van der Waals surface area contributed by atoms with Gasteiger partial charge in [0.05, 0.1) is 18.8 Å². The molecule has 4 rings (SSSR count). The van der Waals surface area contributed by atoms with E-state index in [-0.39, 0.29) is 24.8 Å². The van der Waals surface area contributed by atoms with E-state index in [0.717, 1.165) is 27.0 Å². The molecule has 3 aromatic rings. The second kappa shape index (κ2) is 12.7. The van der Waals surface area contributed by atoms with Crippen molar-refractivity contribution in [2.24, 2.45) is 0 Å². The lowest BCUT2D eigenvalue weighted by molar-refractivity contribution is -0.645. The highest BCUT2D eigenvalue weighted by atomic mass is 32.2. The van der Waals surface area contributed by atoms with E-state index in [0.29, 0.717) is 30.3 Å². The largest absolute Gasteiger partial charge is 0.618 e. The van der Waals surface area contributed by atoms with Gasteiger partial charge in [-0.3, -0.25) is 0 Å². The third kappa shape index (κ3) is 6.98. The van der Waals surface area contributed by atoms with Crippen LogP contribution in [0.2, 0.25) is 0 Å². The van der Waals surface area contributed by atoms with E-state index in [2.05, 4.69) is 10.6 Å². The molecule has 36 heavy (non-hydrogen) atoms. The molecule has 9 heteroatoms. The molecule has 190 valence electrons. The Bertz CT molecular complexity index is 1130. The number of benzene rings is 2. The molecular formula is C27H31N3O5S. The van der Waals surface area contributed by atoms with E-state index >= 15 is 0 Å². The van der Waals surface area contributed by atoms with Gasteiger partial charge in [-0.1, -0.05) is 60.3 Å². The molecule has 0 aliphatic carbocycles. The number of amides is 2. The monoisotopic (exact) mass is 509 g/mol. The van der Waals surface area contributed by atoms with E-state index in [4.69, 9.17) is 9.47 Å². The second-order valence-electron chi connectivity index (χ2n) is 8.48. The van der Waals surface area contributed by atoms with Gasteiger partial charge in [-0.15, -0.1) is 0 Å². The Kier molecular flexibility index (Phi) is 9.18. The summed E-state index contributed by atoms with van der Waals surface area (Å²) in [6.07, 6.45) is 1.21. The molecule has 0 unspecified atom stereocenters. The van der Waals surface area contributed by atoms with E-state index in [9.17, 15) is 15.1 Å². The molecule has 1 aromatic heterocycles.